The molecule has 5 aromatic rings. The zero-order valence-electron chi connectivity index (χ0n) is 27.1. The fraction of sp³-hybridized carbons (Fsp3) is 0.235. The summed E-state index contributed by atoms with van der Waals surface area (Å²) in [5.74, 6) is -2.98. The molecule has 0 spiro atoms. The van der Waals surface area contributed by atoms with Crippen molar-refractivity contribution in [3.05, 3.63) is 82.5 Å². The number of rotatable bonds is 7. The van der Waals surface area contributed by atoms with Crippen LogP contribution in [0.25, 0.3) is 32.9 Å². The minimum absolute atomic E-state index is 0.0372. The van der Waals surface area contributed by atoms with E-state index in [1.807, 2.05) is 12.1 Å². The Morgan fingerprint density at radius 2 is 1.82 bits per heavy atom. The summed E-state index contributed by atoms with van der Waals surface area (Å²) in [5, 5.41) is 25.7. The SMILES string of the molecule is COc1cc(CC(=O)Nc2ccc3c(F)c(N4CC(=O)NS4(=O)=O)c(O)cc3c2)ccc1-c1ccc2c(c1)n(C)c(=O)n2C1CCC(O)NC1=O. The van der Waals surface area contributed by atoms with Gasteiger partial charge < -0.3 is 25.6 Å². The van der Waals surface area contributed by atoms with E-state index in [4.69, 9.17) is 4.74 Å². The molecule has 2 aliphatic heterocycles. The maximum absolute atomic E-state index is 15.4. The fourth-order valence-corrected chi connectivity index (χ4v) is 7.79. The van der Waals surface area contributed by atoms with E-state index in [1.54, 1.807) is 36.0 Å². The smallest absolute Gasteiger partial charge is 0.329 e. The maximum Gasteiger partial charge on any atom is 0.329 e. The van der Waals surface area contributed by atoms with Gasteiger partial charge in [0.15, 0.2) is 5.82 Å². The third-order valence-corrected chi connectivity index (χ3v) is 10.4. The van der Waals surface area contributed by atoms with Crippen molar-refractivity contribution < 1.29 is 42.1 Å². The number of amides is 3. The van der Waals surface area contributed by atoms with Gasteiger partial charge in [0.1, 0.15) is 36.0 Å². The molecule has 2 aliphatic rings. The largest absolute Gasteiger partial charge is 0.506 e. The second kappa shape index (κ2) is 12.4. The van der Waals surface area contributed by atoms with Crippen molar-refractivity contribution in [1.29, 1.82) is 0 Å². The molecule has 264 valence electrons. The molecule has 2 saturated heterocycles. The number of phenols is 1. The van der Waals surface area contributed by atoms with Crippen LogP contribution in [-0.2, 0) is 38.1 Å². The number of phenolic OH excluding ortho intramolecular Hbond substituents is 1. The van der Waals surface area contributed by atoms with Gasteiger partial charge in [0, 0.05) is 23.7 Å². The molecular formula is C34H31FN6O9S. The number of imidazole rings is 1. The summed E-state index contributed by atoms with van der Waals surface area (Å²) in [6, 6.07) is 15.2. The Hall–Kier alpha value is -5.94. The highest BCUT2D eigenvalue weighted by Crippen LogP contribution is 2.39. The number of hydrogen-bond donors (Lipinski definition) is 5. The van der Waals surface area contributed by atoms with Crippen molar-refractivity contribution in [2.24, 2.45) is 7.05 Å². The number of nitrogens with one attached hydrogen (secondary N) is 3. The van der Waals surface area contributed by atoms with Crippen molar-refractivity contribution >= 4 is 61.1 Å². The van der Waals surface area contributed by atoms with Crippen LogP contribution in [0.2, 0.25) is 0 Å². The van der Waals surface area contributed by atoms with Crippen LogP contribution in [0.3, 0.4) is 0 Å². The molecule has 0 radical (unpaired) electrons. The number of nitrogens with zero attached hydrogens (tertiary/aromatic N) is 3. The average molecular weight is 719 g/mol. The summed E-state index contributed by atoms with van der Waals surface area (Å²) in [7, 11) is -1.25. The number of hydrogen-bond acceptors (Lipinski definition) is 9. The zero-order valence-corrected chi connectivity index (χ0v) is 28.0. The molecule has 2 unspecified atom stereocenters. The first kappa shape index (κ1) is 33.6. The topological polar surface area (TPSA) is 201 Å². The minimum Gasteiger partial charge on any atom is -0.506 e. The van der Waals surface area contributed by atoms with Crippen molar-refractivity contribution in [2.75, 3.05) is 23.3 Å². The number of anilines is 2. The first-order chi connectivity index (χ1) is 24.2. The summed E-state index contributed by atoms with van der Waals surface area (Å²) in [5.41, 5.74) is 2.46. The summed E-state index contributed by atoms with van der Waals surface area (Å²) < 4.78 is 50.7. The monoisotopic (exact) mass is 718 g/mol. The van der Waals surface area contributed by atoms with E-state index in [2.05, 4.69) is 10.6 Å². The van der Waals surface area contributed by atoms with Gasteiger partial charge in [-0.15, -0.1) is 0 Å². The van der Waals surface area contributed by atoms with Gasteiger partial charge >= 0.3 is 15.9 Å². The number of carbonyl (C=O) groups is 3. The molecule has 15 nitrogen and oxygen atoms in total. The second-order valence-electron chi connectivity index (χ2n) is 12.3. The highest BCUT2D eigenvalue weighted by Gasteiger charge is 2.38. The predicted octanol–water partition coefficient (Wildman–Crippen LogP) is 2.15. The lowest BCUT2D eigenvalue weighted by molar-refractivity contribution is -0.130. The first-order valence-corrected chi connectivity index (χ1v) is 17.1. The minimum atomic E-state index is -4.36. The van der Waals surface area contributed by atoms with Gasteiger partial charge in [0.2, 0.25) is 11.8 Å². The van der Waals surface area contributed by atoms with Gasteiger partial charge in [0.05, 0.1) is 24.6 Å². The lowest BCUT2D eigenvalue weighted by Gasteiger charge is -2.26. The van der Waals surface area contributed by atoms with Gasteiger partial charge in [-0.1, -0.05) is 18.2 Å². The average Bonchev–Trinajstić information content (AvgIpc) is 3.49. The second-order valence-corrected chi connectivity index (χ2v) is 13.9. The first-order valence-electron chi connectivity index (χ1n) is 15.7. The van der Waals surface area contributed by atoms with E-state index >= 15 is 4.39 Å². The van der Waals surface area contributed by atoms with Crippen LogP contribution in [0, 0.1) is 5.82 Å². The van der Waals surface area contributed by atoms with Crippen LogP contribution in [0.4, 0.5) is 15.8 Å². The van der Waals surface area contributed by atoms with E-state index in [9.17, 15) is 37.8 Å². The highest BCUT2D eigenvalue weighted by atomic mass is 32.2. The standard InChI is InChI=1S/C34H31FN6O9S/c1-39-25-14-18(4-8-23(25)41(34(39)47)24-9-10-28(43)37-33(24)46)21-6-3-17(11-27(21)50-2)12-29(44)36-20-5-7-22-19(13-20)15-26(42)32(31(22)35)40-16-30(45)38-51(40,48)49/h3-8,11,13-15,24,28,42-43H,9-10,12,16H2,1-2H3,(H,36,44)(H,37,46)(H,38,45). The van der Waals surface area contributed by atoms with Gasteiger partial charge in [-0.2, -0.15) is 8.42 Å². The number of piperidine rings is 1. The zero-order chi connectivity index (χ0) is 36.4. The van der Waals surface area contributed by atoms with Crippen LogP contribution >= 0.6 is 0 Å². The molecule has 4 aromatic carbocycles. The number of aryl methyl sites for hydroxylation is 1. The molecule has 17 heteroatoms. The van der Waals surface area contributed by atoms with E-state index < -0.39 is 64.0 Å². The van der Waals surface area contributed by atoms with Crippen molar-refractivity contribution in [3.63, 3.8) is 0 Å². The molecule has 0 saturated carbocycles. The molecule has 51 heavy (non-hydrogen) atoms. The lowest BCUT2D eigenvalue weighted by atomic mass is 10.00. The number of methoxy groups -OCH3 is 1. The number of benzene rings is 4. The molecule has 7 rings (SSSR count). The van der Waals surface area contributed by atoms with E-state index in [1.165, 1.54) is 34.4 Å². The number of aliphatic hydroxyl groups excluding tert-OH is 1. The highest BCUT2D eigenvalue weighted by molar-refractivity contribution is 7.92. The third-order valence-electron chi connectivity index (χ3n) is 9.05. The molecule has 1 aromatic heterocycles. The van der Waals surface area contributed by atoms with Crippen molar-refractivity contribution in [2.45, 2.75) is 31.5 Å². The van der Waals surface area contributed by atoms with Crippen molar-refractivity contribution in [1.82, 2.24) is 19.2 Å². The number of fused-ring (bicyclic) bond motifs is 2. The Labute approximate surface area is 289 Å². The summed E-state index contributed by atoms with van der Waals surface area (Å²) in [6.07, 6.45) is -0.364. The predicted molar refractivity (Wildman–Crippen MR) is 184 cm³/mol. The Bertz CT molecular complexity index is 2480. The van der Waals surface area contributed by atoms with E-state index in [0.717, 1.165) is 11.6 Å². The number of aliphatic hydroxyl groups is 1. The Kier molecular flexibility index (Phi) is 8.18. The Morgan fingerprint density at radius 3 is 2.53 bits per heavy atom. The van der Waals surface area contributed by atoms with Crippen LogP contribution in [-0.4, -0.2) is 65.4 Å². The number of carbonyl (C=O) groups excluding carboxylic acids is 3. The molecule has 5 N–H and O–H groups in total. The Morgan fingerprint density at radius 1 is 1.04 bits per heavy atom. The van der Waals surface area contributed by atoms with E-state index in [0.29, 0.717) is 50.7 Å². The molecule has 0 aliphatic carbocycles. The van der Waals surface area contributed by atoms with Crippen LogP contribution in [0.5, 0.6) is 11.5 Å². The molecule has 2 atom stereocenters. The summed E-state index contributed by atoms with van der Waals surface area (Å²) in [6.45, 7) is -0.683. The van der Waals surface area contributed by atoms with Crippen LogP contribution in [0.1, 0.15) is 24.4 Å². The summed E-state index contributed by atoms with van der Waals surface area (Å²) >= 11 is 0. The van der Waals surface area contributed by atoms with Crippen molar-refractivity contribution in [3.8, 4) is 22.6 Å². The number of ether oxygens (including phenoxy) is 1. The normalized spacial score (nSPS) is 18.5. The summed E-state index contributed by atoms with van der Waals surface area (Å²) in [4.78, 5) is 50.5. The number of halogens is 1. The fourth-order valence-electron chi connectivity index (χ4n) is 6.63. The number of aromatic nitrogens is 2. The van der Waals surface area contributed by atoms with Gasteiger partial charge in [0.25, 0.3) is 5.91 Å². The molecular weight excluding hydrogens is 687 g/mol. The Balaban J connectivity index is 1.10. The quantitative estimate of drug-likeness (QED) is 0.167. The van der Waals surface area contributed by atoms with Gasteiger partial charge in [-0.3, -0.25) is 23.5 Å². The molecule has 3 amide bonds. The van der Waals surface area contributed by atoms with Crippen LogP contribution in [0.15, 0.2) is 65.5 Å². The third kappa shape index (κ3) is 5.89. The maximum atomic E-state index is 15.4. The molecule has 3 heterocycles. The molecule has 2 fully saturated rings. The van der Waals surface area contributed by atoms with E-state index in [-0.39, 0.29) is 22.9 Å². The van der Waals surface area contributed by atoms with Gasteiger partial charge in [-0.25, -0.2) is 18.2 Å². The van der Waals surface area contributed by atoms with Gasteiger partial charge in [-0.05, 0) is 71.8 Å². The number of aromatic hydroxyl groups is 1. The molecule has 0 bridgehead atoms. The lowest BCUT2D eigenvalue weighted by Crippen LogP contribution is -2.46. The van der Waals surface area contributed by atoms with Crippen LogP contribution < -0.4 is 30.1 Å².